The molecule has 1 fully saturated rings. The van der Waals surface area contributed by atoms with Gasteiger partial charge in [-0.15, -0.1) is 9.24 Å². The maximum absolute atomic E-state index is 13.1. The van der Waals surface area contributed by atoms with E-state index in [4.69, 9.17) is 20.9 Å². The van der Waals surface area contributed by atoms with Crippen LogP contribution in [0.15, 0.2) is 36.4 Å². The van der Waals surface area contributed by atoms with Crippen molar-refractivity contribution in [2.45, 2.75) is 68.9 Å². The van der Waals surface area contributed by atoms with Crippen LogP contribution in [0, 0.1) is 5.92 Å². The standard InChI is InChI=1S/C28H39N3O7P2/c29-22(13-17-8-10-19(11-9-17)28(39)40(34,35)36)27(33)31-23-7-4-12-37-24-15-25(21(26(30)32)14-20(23)24)38-16-18-5-2-1-3-6-18/h8-11,14-15,18,22-23,28H,1-7,12-13,16,29,39H2,(H2,30,32)(H,31,33)(H2,34,35,36)/t22-,23?,28?/m0/s1. The number of hydrogen-bond donors (Lipinski definition) is 5. The summed E-state index contributed by atoms with van der Waals surface area (Å²) in [5.41, 5.74) is 14.1. The number of ether oxygens (including phenoxy) is 2. The number of rotatable bonds is 10. The van der Waals surface area contributed by atoms with Crippen molar-refractivity contribution >= 4 is 28.6 Å². The summed E-state index contributed by atoms with van der Waals surface area (Å²) in [6, 6.07) is 8.74. The van der Waals surface area contributed by atoms with E-state index in [9.17, 15) is 23.9 Å². The maximum atomic E-state index is 13.1. The minimum Gasteiger partial charge on any atom is -0.493 e. The number of nitrogens with one attached hydrogen (secondary N) is 1. The van der Waals surface area contributed by atoms with Gasteiger partial charge in [-0.05, 0) is 55.2 Å². The van der Waals surface area contributed by atoms with Crippen LogP contribution < -0.4 is 26.3 Å². The van der Waals surface area contributed by atoms with E-state index in [1.807, 2.05) is 0 Å². The Labute approximate surface area is 236 Å². The molecule has 4 atom stereocenters. The molecule has 2 aromatic rings. The summed E-state index contributed by atoms with van der Waals surface area (Å²) in [7, 11) is -2.12. The van der Waals surface area contributed by atoms with Gasteiger partial charge in [-0.2, -0.15) is 0 Å². The molecule has 12 heteroatoms. The highest BCUT2D eigenvalue weighted by Gasteiger charge is 2.28. The minimum absolute atomic E-state index is 0.236. The molecule has 40 heavy (non-hydrogen) atoms. The Morgan fingerprint density at radius 1 is 1.10 bits per heavy atom. The first kappa shape index (κ1) is 30.5. The lowest BCUT2D eigenvalue weighted by atomic mass is 9.90. The predicted molar refractivity (Wildman–Crippen MR) is 155 cm³/mol. The molecule has 1 saturated carbocycles. The van der Waals surface area contributed by atoms with E-state index in [0.717, 1.165) is 18.4 Å². The summed E-state index contributed by atoms with van der Waals surface area (Å²) in [4.78, 5) is 44.2. The van der Waals surface area contributed by atoms with Gasteiger partial charge < -0.3 is 36.0 Å². The van der Waals surface area contributed by atoms with E-state index in [1.54, 1.807) is 36.4 Å². The molecule has 0 bridgehead atoms. The van der Waals surface area contributed by atoms with Crippen LogP contribution in [0.5, 0.6) is 11.5 Å². The number of fused-ring (bicyclic) bond motifs is 1. The van der Waals surface area contributed by atoms with Gasteiger partial charge in [0.15, 0.2) is 0 Å². The lowest BCUT2D eigenvalue weighted by Crippen LogP contribution is -2.43. The van der Waals surface area contributed by atoms with Gasteiger partial charge in [-0.3, -0.25) is 14.2 Å². The third-order valence-corrected chi connectivity index (χ3v) is 10.2. The zero-order valence-electron chi connectivity index (χ0n) is 22.5. The molecule has 4 rings (SSSR count). The highest BCUT2D eigenvalue weighted by Crippen LogP contribution is 2.55. The summed E-state index contributed by atoms with van der Waals surface area (Å²) in [6.45, 7) is 0.979. The summed E-state index contributed by atoms with van der Waals surface area (Å²) >= 11 is 0. The number of hydrogen-bond acceptors (Lipinski definition) is 6. The Balaban J connectivity index is 1.45. The molecule has 0 spiro atoms. The van der Waals surface area contributed by atoms with Crippen LogP contribution in [0.3, 0.4) is 0 Å². The van der Waals surface area contributed by atoms with Crippen LogP contribution in [0.4, 0.5) is 0 Å². The molecule has 218 valence electrons. The molecule has 2 aromatic carbocycles. The predicted octanol–water partition coefficient (Wildman–Crippen LogP) is 3.70. The fourth-order valence-electron chi connectivity index (χ4n) is 5.29. The molecular formula is C28H39N3O7P2. The van der Waals surface area contributed by atoms with Crippen molar-refractivity contribution in [2.24, 2.45) is 17.4 Å². The van der Waals surface area contributed by atoms with E-state index >= 15 is 0 Å². The Hall–Kier alpha value is -2.48. The highest BCUT2D eigenvalue weighted by molar-refractivity contribution is 7.60. The summed E-state index contributed by atoms with van der Waals surface area (Å²) < 4.78 is 23.6. The quantitative estimate of drug-likeness (QED) is 0.260. The van der Waals surface area contributed by atoms with Crippen molar-refractivity contribution in [3.05, 3.63) is 58.7 Å². The van der Waals surface area contributed by atoms with Gasteiger partial charge in [-0.25, -0.2) is 0 Å². The van der Waals surface area contributed by atoms with Crippen LogP contribution in [0.25, 0.3) is 0 Å². The Bertz CT molecular complexity index is 1250. The van der Waals surface area contributed by atoms with Gasteiger partial charge in [0.05, 0.1) is 36.3 Å². The molecular weight excluding hydrogens is 552 g/mol. The van der Waals surface area contributed by atoms with Crippen LogP contribution in [0.1, 0.15) is 83.4 Å². The van der Waals surface area contributed by atoms with Gasteiger partial charge in [0.1, 0.15) is 11.5 Å². The number of amides is 2. The number of benzene rings is 2. The smallest absolute Gasteiger partial charge is 0.336 e. The number of carbonyl (C=O) groups excluding carboxylic acids is 2. The van der Waals surface area contributed by atoms with Crippen LogP contribution in [0.2, 0.25) is 0 Å². The third kappa shape index (κ3) is 7.83. The molecule has 0 radical (unpaired) electrons. The normalized spacial score (nSPS) is 19.4. The minimum atomic E-state index is -4.28. The molecule has 7 N–H and O–H groups in total. The fourth-order valence-corrected chi connectivity index (χ4v) is 6.08. The largest absolute Gasteiger partial charge is 0.493 e. The van der Waals surface area contributed by atoms with Gasteiger partial charge in [-0.1, -0.05) is 43.5 Å². The van der Waals surface area contributed by atoms with E-state index in [1.165, 1.54) is 19.3 Å². The van der Waals surface area contributed by atoms with Crippen molar-refractivity contribution in [1.82, 2.24) is 5.32 Å². The fraction of sp³-hybridized carbons (Fsp3) is 0.500. The molecule has 1 aliphatic heterocycles. The lowest BCUT2D eigenvalue weighted by molar-refractivity contribution is -0.123. The second-order valence-electron chi connectivity index (χ2n) is 10.7. The van der Waals surface area contributed by atoms with Crippen molar-refractivity contribution in [3.8, 4) is 11.5 Å². The molecule has 0 aromatic heterocycles. The number of carbonyl (C=O) groups is 2. The summed E-state index contributed by atoms with van der Waals surface area (Å²) in [6.07, 6.45) is 7.36. The maximum Gasteiger partial charge on any atom is 0.336 e. The number of primary amides is 1. The molecule has 2 aliphatic rings. The first-order valence-corrected chi connectivity index (χ1v) is 16.1. The van der Waals surface area contributed by atoms with Crippen molar-refractivity contribution in [3.63, 3.8) is 0 Å². The van der Waals surface area contributed by atoms with E-state index in [2.05, 4.69) is 14.6 Å². The molecule has 0 saturated heterocycles. The first-order valence-electron chi connectivity index (χ1n) is 13.7. The average Bonchev–Trinajstić information content (AvgIpc) is 3.12. The zero-order valence-corrected chi connectivity index (χ0v) is 24.5. The summed E-state index contributed by atoms with van der Waals surface area (Å²) in [5.74, 6) is 0.428. The van der Waals surface area contributed by atoms with Crippen molar-refractivity contribution < 1.29 is 33.4 Å². The Morgan fingerprint density at radius 2 is 1.80 bits per heavy atom. The molecule has 3 unspecified atom stereocenters. The van der Waals surface area contributed by atoms with Crippen molar-refractivity contribution in [1.29, 1.82) is 0 Å². The Kier molecular flexibility index (Phi) is 10.3. The lowest BCUT2D eigenvalue weighted by Gasteiger charge is -2.24. The van der Waals surface area contributed by atoms with Crippen molar-refractivity contribution in [2.75, 3.05) is 13.2 Å². The summed E-state index contributed by atoms with van der Waals surface area (Å²) in [5, 5.41) is 2.01. The monoisotopic (exact) mass is 591 g/mol. The van der Waals surface area contributed by atoms with Gasteiger partial charge in [0.25, 0.3) is 5.91 Å². The second-order valence-corrected chi connectivity index (χ2v) is 13.7. The van der Waals surface area contributed by atoms with Crippen LogP contribution in [-0.4, -0.2) is 40.9 Å². The van der Waals surface area contributed by atoms with E-state index in [0.29, 0.717) is 54.6 Å². The van der Waals surface area contributed by atoms with E-state index < -0.39 is 31.0 Å². The topological polar surface area (TPSA) is 174 Å². The van der Waals surface area contributed by atoms with Gasteiger partial charge >= 0.3 is 7.60 Å². The van der Waals surface area contributed by atoms with Gasteiger partial charge in [0.2, 0.25) is 5.91 Å². The Morgan fingerprint density at radius 3 is 2.45 bits per heavy atom. The molecule has 2 amide bonds. The number of nitrogens with two attached hydrogens (primary N) is 2. The second kappa shape index (κ2) is 13.5. The molecule has 1 aliphatic carbocycles. The average molecular weight is 592 g/mol. The van der Waals surface area contributed by atoms with E-state index in [-0.39, 0.29) is 17.9 Å². The van der Waals surface area contributed by atoms with Crippen LogP contribution in [-0.2, 0) is 15.8 Å². The first-order chi connectivity index (χ1) is 19.0. The van der Waals surface area contributed by atoms with Gasteiger partial charge in [0, 0.05) is 11.6 Å². The third-order valence-electron chi connectivity index (χ3n) is 7.64. The SMILES string of the molecule is NC(=O)c1cc2c(cc1OCC1CCCCC1)OCCCC2NC(=O)[C@@H](N)Cc1ccc(C(P)P(=O)(O)O)cc1. The van der Waals surface area contributed by atoms with Crippen LogP contribution >= 0.6 is 16.8 Å². The zero-order chi connectivity index (χ0) is 28.9. The molecule has 1 heterocycles. The highest BCUT2D eigenvalue weighted by atomic mass is 31.2. The molecule has 10 nitrogen and oxygen atoms in total.